The van der Waals surface area contributed by atoms with E-state index in [1.54, 1.807) is 43.3 Å². The molecule has 0 amide bonds. The molecule has 0 saturated carbocycles. The number of nitrogens with zero attached hydrogens (tertiary/aromatic N) is 2. The van der Waals surface area contributed by atoms with Crippen LogP contribution in [0, 0.1) is 5.92 Å². The number of ether oxygens (including phenoxy) is 1. The molecule has 1 aliphatic rings. The largest absolute Gasteiger partial charge is 0.487 e. The van der Waals surface area contributed by atoms with Crippen LogP contribution in [0.2, 0.25) is 0 Å². The van der Waals surface area contributed by atoms with Crippen molar-refractivity contribution in [3.63, 3.8) is 0 Å². The third-order valence-electron chi connectivity index (χ3n) is 6.95. The van der Waals surface area contributed by atoms with E-state index in [1.165, 1.54) is 4.31 Å². The van der Waals surface area contributed by atoms with Crippen LogP contribution in [0.4, 0.5) is 0 Å². The van der Waals surface area contributed by atoms with E-state index in [0.717, 1.165) is 11.1 Å². The Balaban J connectivity index is 1.71. The van der Waals surface area contributed by atoms with Gasteiger partial charge in [-0.05, 0) is 48.9 Å². The number of aromatic carboxylic acids is 1. The molecule has 0 radical (unpaired) electrons. The van der Waals surface area contributed by atoms with Gasteiger partial charge in [0.15, 0.2) is 0 Å². The van der Waals surface area contributed by atoms with Crippen LogP contribution in [0.3, 0.4) is 0 Å². The van der Waals surface area contributed by atoms with Crippen LogP contribution in [0.5, 0.6) is 5.75 Å². The molecule has 3 atom stereocenters. The third kappa shape index (κ3) is 5.91. The van der Waals surface area contributed by atoms with Crippen molar-refractivity contribution in [1.29, 1.82) is 0 Å². The fourth-order valence-corrected chi connectivity index (χ4v) is 6.61. The highest BCUT2D eigenvalue weighted by Gasteiger charge is 2.38. The molecule has 3 aromatic rings. The molecule has 2 N–H and O–H groups in total. The average molecular weight is 539 g/mol. The molecule has 0 aliphatic carbocycles. The van der Waals surface area contributed by atoms with E-state index in [1.807, 2.05) is 55.3 Å². The number of aliphatic hydroxyl groups excluding tert-OH is 1. The monoisotopic (exact) mass is 538 g/mol. The van der Waals surface area contributed by atoms with E-state index < -0.39 is 28.1 Å². The highest BCUT2D eigenvalue weighted by Crippen LogP contribution is 2.36. The smallest absolute Gasteiger partial charge is 0.336 e. The molecule has 38 heavy (non-hydrogen) atoms. The van der Waals surface area contributed by atoms with Crippen molar-refractivity contribution in [1.82, 2.24) is 9.21 Å². The van der Waals surface area contributed by atoms with Crippen molar-refractivity contribution in [2.24, 2.45) is 5.92 Å². The minimum atomic E-state index is -3.93. The average Bonchev–Trinajstić information content (AvgIpc) is 2.90. The number of rotatable bonds is 8. The van der Waals surface area contributed by atoms with E-state index in [0.29, 0.717) is 18.7 Å². The molecule has 0 unspecified atom stereocenters. The molecular formula is C29H34N2O6S. The number of hydrogen-bond donors (Lipinski definition) is 2. The predicted molar refractivity (Wildman–Crippen MR) is 146 cm³/mol. The summed E-state index contributed by atoms with van der Waals surface area (Å²) < 4.78 is 35.2. The molecular weight excluding hydrogens is 504 g/mol. The maximum atomic E-state index is 13.7. The van der Waals surface area contributed by atoms with Crippen molar-refractivity contribution in [2.45, 2.75) is 37.4 Å². The lowest BCUT2D eigenvalue weighted by molar-refractivity contribution is 0.0686. The Bertz CT molecular complexity index is 1380. The number of carboxylic acid groups (broad SMARTS) is 1. The van der Waals surface area contributed by atoms with Gasteiger partial charge in [-0.25, -0.2) is 13.2 Å². The van der Waals surface area contributed by atoms with Gasteiger partial charge < -0.3 is 14.9 Å². The summed E-state index contributed by atoms with van der Waals surface area (Å²) in [6, 6.07) is 21.0. The number of benzene rings is 3. The standard InChI is InChI=1S/C29H34N2O6S/c1-20-16-31(21(2)19-32)38(35,36)28-14-13-23(22-9-5-4-6-10-22)15-26(28)37-27(20)18-30(3)17-24-11-7-8-12-25(24)29(33)34/h4-15,20-21,27,32H,16-19H2,1-3H3,(H,33,34)/t20-,21+,27-/m1/s1. The summed E-state index contributed by atoms with van der Waals surface area (Å²) in [4.78, 5) is 13.7. The SMILES string of the molecule is C[C@@H]1CN([C@@H](C)CO)S(=O)(=O)c2ccc(-c3ccccc3)cc2O[C@@H]1CN(C)Cc1ccccc1C(=O)O. The second-order valence-electron chi connectivity index (χ2n) is 9.93. The van der Waals surface area contributed by atoms with Crippen LogP contribution in [0.15, 0.2) is 77.7 Å². The summed E-state index contributed by atoms with van der Waals surface area (Å²) in [5.74, 6) is -0.937. The van der Waals surface area contributed by atoms with E-state index in [-0.39, 0.29) is 35.3 Å². The molecule has 4 rings (SSSR count). The summed E-state index contributed by atoms with van der Waals surface area (Å²) in [5, 5.41) is 19.4. The first-order valence-corrected chi connectivity index (χ1v) is 14.0. The van der Waals surface area contributed by atoms with Gasteiger partial charge in [-0.1, -0.05) is 61.5 Å². The topological polar surface area (TPSA) is 107 Å². The van der Waals surface area contributed by atoms with Crippen molar-refractivity contribution in [3.8, 4) is 16.9 Å². The summed E-state index contributed by atoms with van der Waals surface area (Å²) in [5.41, 5.74) is 2.70. The van der Waals surface area contributed by atoms with Gasteiger partial charge in [0.05, 0.1) is 12.2 Å². The van der Waals surface area contributed by atoms with Crippen molar-refractivity contribution in [2.75, 3.05) is 26.7 Å². The fourth-order valence-electron chi connectivity index (χ4n) is 4.78. The zero-order valence-corrected chi connectivity index (χ0v) is 22.6. The van der Waals surface area contributed by atoms with Crippen LogP contribution >= 0.6 is 0 Å². The molecule has 0 aromatic heterocycles. The molecule has 9 heteroatoms. The first-order valence-electron chi connectivity index (χ1n) is 12.6. The van der Waals surface area contributed by atoms with Crippen LogP contribution in [-0.4, -0.2) is 72.7 Å². The Morgan fingerprint density at radius 2 is 1.76 bits per heavy atom. The zero-order chi connectivity index (χ0) is 27.4. The van der Waals surface area contributed by atoms with Gasteiger partial charge in [0.25, 0.3) is 0 Å². The van der Waals surface area contributed by atoms with Crippen molar-refractivity contribution in [3.05, 3.63) is 83.9 Å². The highest BCUT2D eigenvalue weighted by atomic mass is 32.2. The second kappa shape index (κ2) is 11.7. The van der Waals surface area contributed by atoms with E-state index in [9.17, 15) is 23.4 Å². The Hall–Kier alpha value is -3.24. The summed E-state index contributed by atoms with van der Waals surface area (Å²) in [6.07, 6.45) is -0.398. The third-order valence-corrected chi connectivity index (χ3v) is 8.97. The fraction of sp³-hybridized carbons (Fsp3) is 0.345. The summed E-state index contributed by atoms with van der Waals surface area (Å²) in [7, 11) is -2.04. The van der Waals surface area contributed by atoms with Gasteiger partial charge in [-0.15, -0.1) is 0 Å². The molecule has 0 spiro atoms. The Morgan fingerprint density at radius 1 is 1.08 bits per heavy atom. The van der Waals surface area contributed by atoms with Crippen LogP contribution in [0.1, 0.15) is 29.8 Å². The number of carboxylic acids is 1. The van der Waals surface area contributed by atoms with Gasteiger partial charge in [-0.3, -0.25) is 4.90 Å². The predicted octanol–water partition coefficient (Wildman–Crippen LogP) is 3.95. The lowest BCUT2D eigenvalue weighted by Crippen LogP contribution is -2.49. The van der Waals surface area contributed by atoms with Crippen molar-refractivity contribution < 1.29 is 28.2 Å². The lowest BCUT2D eigenvalue weighted by atomic mass is 10.0. The first kappa shape index (κ1) is 27.8. The summed E-state index contributed by atoms with van der Waals surface area (Å²) >= 11 is 0. The molecule has 0 saturated heterocycles. The lowest BCUT2D eigenvalue weighted by Gasteiger charge is -2.37. The number of fused-ring (bicyclic) bond motifs is 1. The van der Waals surface area contributed by atoms with Crippen LogP contribution < -0.4 is 4.74 Å². The van der Waals surface area contributed by atoms with E-state index >= 15 is 0 Å². The maximum absolute atomic E-state index is 13.7. The number of sulfonamides is 1. The number of likely N-dealkylation sites (N-methyl/N-ethyl adjacent to an activating group) is 1. The van der Waals surface area contributed by atoms with Crippen LogP contribution in [-0.2, 0) is 16.6 Å². The van der Waals surface area contributed by atoms with Crippen LogP contribution in [0.25, 0.3) is 11.1 Å². The maximum Gasteiger partial charge on any atom is 0.336 e. The highest BCUT2D eigenvalue weighted by molar-refractivity contribution is 7.89. The minimum absolute atomic E-state index is 0.0632. The summed E-state index contributed by atoms with van der Waals surface area (Å²) in [6.45, 7) is 4.32. The molecule has 3 aromatic carbocycles. The van der Waals surface area contributed by atoms with Crippen molar-refractivity contribution >= 4 is 16.0 Å². The molecule has 1 heterocycles. The Kier molecular flexibility index (Phi) is 8.52. The van der Waals surface area contributed by atoms with Gasteiger partial charge in [0.1, 0.15) is 16.7 Å². The number of carbonyl (C=O) groups is 1. The Labute approximate surface area is 224 Å². The number of aliphatic hydroxyl groups is 1. The van der Waals surface area contributed by atoms with Gasteiger partial charge in [0.2, 0.25) is 10.0 Å². The number of hydrogen-bond acceptors (Lipinski definition) is 6. The normalized spacial score (nSPS) is 20.1. The quantitative estimate of drug-likeness (QED) is 0.447. The molecule has 0 bridgehead atoms. The van der Waals surface area contributed by atoms with Gasteiger partial charge in [-0.2, -0.15) is 4.31 Å². The molecule has 202 valence electrons. The van der Waals surface area contributed by atoms with E-state index in [4.69, 9.17) is 4.74 Å². The zero-order valence-electron chi connectivity index (χ0n) is 21.8. The van der Waals surface area contributed by atoms with Gasteiger partial charge in [0, 0.05) is 31.6 Å². The van der Waals surface area contributed by atoms with E-state index in [2.05, 4.69) is 0 Å². The minimum Gasteiger partial charge on any atom is -0.487 e. The second-order valence-corrected chi connectivity index (χ2v) is 11.8. The molecule has 0 fully saturated rings. The Morgan fingerprint density at radius 3 is 2.45 bits per heavy atom. The first-order chi connectivity index (χ1) is 18.1. The molecule has 1 aliphatic heterocycles. The molecule has 8 nitrogen and oxygen atoms in total. The van der Waals surface area contributed by atoms with Gasteiger partial charge >= 0.3 is 5.97 Å².